The topological polar surface area (TPSA) is 22.0 Å². The number of aromatic nitrogens is 1. The summed E-state index contributed by atoms with van der Waals surface area (Å²) in [5.41, 5.74) is 2.55. The number of carbonyl (C=O) groups is 1. The molecular formula is C16H11BrINO. The van der Waals surface area contributed by atoms with Crippen LogP contribution < -0.4 is 0 Å². The first kappa shape index (κ1) is 13.8. The normalized spacial score (nSPS) is 10.9. The molecule has 4 heteroatoms. The zero-order valence-electron chi connectivity index (χ0n) is 10.7. The van der Waals surface area contributed by atoms with Crippen molar-refractivity contribution >= 4 is 55.2 Å². The maximum atomic E-state index is 12.8. The van der Waals surface area contributed by atoms with Gasteiger partial charge < -0.3 is 4.57 Å². The second-order valence-electron chi connectivity index (χ2n) is 4.62. The Labute approximate surface area is 139 Å². The third-order valence-corrected chi connectivity index (χ3v) is 4.75. The molecule has 0 saturated carbocycles. The summed E-state index contributed by atoms with van der Waals surface area (Å²) in [6.45, 7) is 0. The number of aryl methyl sites for hydroxylation is 1. The minimum Gasteiger partial charge on any atom is -0.350 e. The van der Waals surface area contributed by atoms with Crippen LogP contribution >= 0.6 is 38.5 Å². The molecule has 0 spiro atoms. The Bertz CT molecular complexity index is 822. The van der Waals surface area contributed by atoms with Gasteiger partial charge in [0.15, 0.2) is 5.78 Å². The first-order valence-corrected chi connectivity index (χ1v) is 7.99. The van der Waals surface area contributed by atoms with E-state index in [4.69, 9.17) is 0 Å². The molecule has 0 atom stereocenters. The second-order valence-corrected chi connectivity index (χ2v) is 6.70. The van der Waals surface area contributed by atoms with Crippen molar-refractivity contribution in [3.63, 3.8) is 0 Å². The molecule has 0 aliphatic heterocycles. The predicted octanol–water partition coefficient (Wildman–Crippen LogP) is 4.78. The third kappa shape index (κ3) is 2.31. The summed E-state index contributed by atoms with van der Waals surface area (Å²) >= 11 is 5.63. The van der Waals surface area contributed by atoms with Crippen molar-refractivity contribution in [2.24, 2.45) is 7.05 Å². The maximum Gasteiger partial charge on any atom is 0.196 e. The summed E-state index contributed by atoms with van der Waals surface area (Å²) < 4.78 is 3.87. The monoisotopic (exact) mass is 439 g/mol. The molecule has 0 aliphatic carbocycles. The smallest absolute Gasteiger partial charge is 0.196 e. The van der Waals surface area contributed by atoms with E-state index in [1.165, 1.54) is 0 Å². The Morgan fingerprint density at radius 1 is 1.15 bits per heavy atom. The van der Waals surface area contributed by atoms with Gasteiger partial charge in [-0.1, -0.05) is 34.1 Å². The van der Waals surface area contributed by atoms with Crippen LogP contribution in [0.5, 0.6) is 0 Å². The van der Waals surface area contributed by atoms with Crippen molar-refractivity contribution in [3.05, 3.63) is 67.8 Å². The van der Waals surface area contributed by atoms with Crippen LogP contribution in [0.15, 0.2) is 53.1 Å². The molecule has 0 saturated heterocycles. The van der Waals surface area contributed by atoms with E-state index in [0.29, 0.717) is 0 Å². The number of ketones is 1. The van der Waals surface area contributed by atoms with Gasteiger partial charge in [0.2, 0.25) is 0 Å². The molecule has 2 nitrogen and oxygen atoms in total. The molecule has 0 N–H and O–H groups in total. The standard InChI is InChI=1S/C16H11BrINO/c1-19-9-13(11-4-2-3-5-15(11)19)16(20)12-8-10(17)6-7-14(12)18/h2-9H,1H3. The molecule has 20 heavy (non-hydrogen) atoms. The molecule has 1 aromatic heterocycles. The molecule has 0 bridgehead atoms. The maximum absolute atomic E-state index is 12.8. The largest absolute Gasteiger partial charge is 0.350 e. The van der Waals surface area contributed by atoms with E-state index < -0.39 is 0 Å². The summed E-state index contributed by atoms with van der Waals surface area (Å²) in [4.78, 5) is 12.8. The van der Waals surface area contributed by atoms with E-state index in [0.717, 1.165) is 30.1 Å². The number of fused-ring (bicyclic) bond motifs is 1. The summed E-state index contributed by atoms with van der Waals surface area (Å²) in [6.07, 6.45) is 1.91. The fourth-order valence-corrected chi connectivity index (χ4v) is 3.28. The Morgan fingerprint density at radius 3 is 2.70 bits per heavy atom. The van der Waals surface area contributed by atoms with Gasteiger partial charge in [-0.25, -0.2) is 0 Å². The Kier molecular flexibility index (Phi) is 3.69. The molecule has 0 unspecified atom stereocenters. The van der Waals surface area contributed by atoms with Crippen molar-refractivity contribution in [2.45, 2.75) is 0 Å². The molecule has 3 rings (SSSR count). The lowest BCUT2D eigenvalue weighted by Crippen LogP contribution is -2.03. The minimum absolute atomic E-state index is 0.0625. The van der Waals surface area contributed by atoms with Gasteiger partial charge in [-0.15, -0.1) is 0 Å². The highest BCUT2D eigenvalue weighted by Crippen LogP contribution is 2.26. The lowest BCUT2D eigenvalue weighted by molar-refractivity contribution is 0.103. The molecule has 0 amide bonds. The van der Waals surface area contributed by atoms with Gasteiger partial charge >= 0.3 is 0 Å². The predicted molar refractivity (Wildman–Crippen MR) is 93.2 cm³/mol. The van der Waals surface area contributed by atoms with Crippen LogP contribution in [0, 0.1) is 3.57 Å². The van der Waals surface area contributed by atoms with Gasteiger partial charge in [-0.05, 0) is 46.9 Å². The van der Waals surface area contributed by atoms with Crippen molar-refractivity contribution in [1.29, 1.82) is 0 Å². The van der Waals surface area contributed by atoms with E-state index in [2.05, 4.69) is 38.5 Å². The van der Waals surface area contributed by atoms with Crippen LogP contribution in [0.3, 0.4) is 0 Å². The summed E-state index contributed by atoms with van der Waals surface area (Å²) in [6, 6.07) is 13.7. The Morgan fingerprint density at radius 2 is 1.90 bits per heavy atom. The number of para-hydroxylation sites is 1. The number of nitrogens with zero attached hydrogens (tertiary/aromatic N) is 1. The van der Waals surface area contributed by atoms with Gasteiger partial charge in [0, 0.05) is 43.3 Å². The summed E-state index contributed by atoms with van der Waals surface area (Å²) in [5.74, 6) is 0.0625. The summed E-state index contributed by atoms with van der Waals surface area (Å²) in [5, 5.41) is 0.996. The number of benzene rings is 2. The number of rotatable bonds is 2. The number of halogens is 2. The Balaban J connectivity index is 2.20. The highest BCUT2D eigenvalue weighted by atomic mass is 127. The highest BCUT2D eigenvalue weighted by Gasteiger charge is 2.17. The van der Waals surface area contributed by atoms with Crippen molar-refractivity contribution in [1.82, 2.24) is 4.57 Å². The first-order valence-electron chi connectivity index (χ1n) is 6.12. The fraction of sp³-hybridized carbons (Fsp3) is 0.0625. The Hall–Kier alpha value is -1.14. The average molecular weight is 440 g/mol. The van der Waals surface area contributed by atoms with Crippen molar-refractivity contribution in [2.75, 3.05) is 0 Å². The van der Waals surface area contributed by atoms with Gasteiger partial charge in [0.1, 0.15) is 0 Å². The van der Waals surface area contributed by atoms with Gasteiger partial charge in [-0.2, -0.15) is 0 Å². The van der Waals surface area contributed by atoms with E-state index in [1.807, 2.05) is 60.3 Å². The molecule has 3 aromatic rings. The lowest BCUT2D eigenvalue weighted by Gasteiger charge is -2.03. The first-order chi connectivity index (χ1) is 9.58. The molecule has 2 aromatic carbocycles. The van der Waals surface area contributed by atoms with Crippen LogP contribution in [0.1, 0.15) is 15.9 Å². The highest BCUT2D eigenvalue weighted by molar-refractivity contribution is 14.1. The number of hydrogen-bond acceptors (Lipinski definition) is 1. The number of hydrogen-bond donors (Lipinski definition) is 0. The average Bonchev–Trinajstić information content (AvgIpc) is 2.79. The van der Waals surface area contributed by atoms with Crippen LogP contribution in [0.2, 0.25) is 0 Å². The third-order valence-electron chi connectivity index (χ3n) is 3.31. The SMILES string of the molecule is Cn1cc(C(=O)c2cc(Br)ccc2I)c2ccccc21. The van der Waals surface area contributed by atoms with Crippen molar-refractivity contribution < 1.29 is 4.79 Å². The van der Waals surface area contributed by atoms with E-state index in [9.17, 15) is 4.79 Å². The van der Waals surface area contributed by atoms with Crippen molar-refractivity contribution in [3.8, 4) is 0 Å². The zero-order valence-corrected chi connectivity index (χ0v) is 14.5. The fourth-order valence-electron chi connectivity index (χ4n) is 2.34. The van der Waals surface area contributed by atoms with Crippen LogP contribution in [0.4, 0.5) is 0 Å². The second kappa shape index (κ2) is 5.33. The summed E-state index contributed by atoms with van der Waals surface area (Å²) in [7, 11) is 1.96. The molecule has 1 heterocycles. The van der Waals surface area contributed by atoms with Crippen LogP contribution in [-0.4, -0.2) is 10.4 Å². The van der Waals surface area contributed by atoms with E-state index in [1.54, 1.807) is 0 Å². The molecule has 0 radical (unpaired) electrons. The van der Waals surface area contributed by atoms with Gasteiger partial charge in [0.05, 0.1) is 0 Å². The lowest BCUT2D eigenvalue weighted by atomic mass is 10.0. The quantitative estimate of drug-likeness (QED) is 0.416. The molecule has 0 aliphatic rings. The van der Waals surface area contributed by atoms with Crippen LogP contribution in [0.25, 0.3) is 10.9 Å². The van der Waals surface area contributed by atoms with Gasteiger partial charge in [-0.3, -0.25) is 4.79 Å². The molecular weight excluding hydrogens is 429 g/mol. The van der Waals surface area contributed by atoms with Gasteiger partial charge in [0.25, 0.3) is 0 Å². The zero-order chi connectivity index (χ0) is 14.3. The minimum atomic E-state index is 0.0625. The molecule has 0 fully saturated rings. The van der Waals surface area contributed by atoms with Crippen LogP contribution in [-0.2, 0) is 7.05 Å². The van der Waals surface area contributed by atoms with E-state index >= 15 is 0 Å². The number of carbonyl (C=O) groups excluding carboxylic acids is 1. The molecule has 100 valence electrons. The van der Waals surface area contributed by atoms with E-state index in [-0.39, 0.29) is 5.78 Å².